The van der Waals surface area contributed by atoms with Gasteiger partial charge in [0.1, 0.15) is 5.82 Å². The third-order valence-electron chi connectivity index (χ3n) is 6.57. The second kappa shape index (κ2) is 9.02. The zero-order valence-corrected chi connectivity index (χ0v) is 18.9. The zero-order chi connectivity index (χ0) is 22.9. The van der Waals surface area contributed by atoms with Crippen molar-refractivity contribution in [3.8, 4) is 5.69 Å². The Morgan fingerprint density at radius 3 is 2.75 bits per heavy atom. The van der Waals surface area contributed by atoms with Crippen LogP contribution in [-0.4, -0.2) is 48.0 Å². The van der Waals surface area contributed by atoms with Crippen LogP contribution in [-0.2, 0) is 22.3 Å². The van der Waals surface area contributed by atoms with Gasteiger partial charge in [-0.15, -0.1) is 0 Å². The molecule has 0 aliphatic carbocycles. The summed E-state index contributed by atoms with van der Waals surface area (Å²) in [5, 5.41) is 7.80. The molecule has 0 saturated carbocycles. The Morgan fingerprint density at radius 1 is 1.31 bits per heavy atom. The van der Waals surface area contributed by atoms with Crippen LogP contribution in [0.2, 0.25) is 0 Å². The number of hydrogen-bond donors (Lipinski definition) is 1. The first-order valence-electron chi connectivity index (χ1n) is 11.3. The van der Waals surface area contributed by atoms with Gasteiger partial charge >= 0.3 is 5.97 Å². The van der Waals surface area contributed by atoms with Crippen LogP contribution in [0.3, 0.4) is 0 Å². The summed E-state index contributed by atoms with van der Waals surface area (Å²) in [7, 11) is 0. The maximum absolute atomic E-state index is 14.7. The summed E-state index contributed by atoms with van der Waals surface area (Å²) in [6.07, 6.45) is 3.54. The second-order valence-corrected chi connectivity index (χ2v) is 8.74. The third kappa shape index (κ3) is 4.03. The van der Waals surface area contributed by atoms with Gasteiger partial charge in [-0.3, -0.25) is 4.79 Å². The first-order chi connectivity index (χ1) is 15.4. The molecule has 1 fully saturated rings. The van der Waals surface area contributed by atoms with Crippen molar-refractivity contribution in [1.29, 1.82) is 0 Å². The van der Waals surface area contributed by atoms with E-state index in [2.05, 4.69) is 5.32 Å². The minimum absolute atomic E-state index is 0.133. The number of carbonyl (C=O) groups is 2. The average Bonchev–Trinajstić information content (AvgIpc) is 3.09. The Morgan fingerprint density at radius 2 is 2.06 bits per heavy atom. The SMILES string of the molecule is CCCOC(=O)c1cc(F)cc(-n2nc(CC)c3c2CC2(CCOCC2)CNC3=O)c1C. The molecule has 2 aromatic rings. The lowest BCUT2D eigenvalue weighted by Gasteiger charge is -2.36. The number of esters is 1. The molecule has 2 aliphatic rings. The highest BCUT2D eigenvalue weighted by molar-refractivity contribution is 5.97. The standard InChI is InChI=1S/C24H30FN3O4/c1-4-8-32-23(30)17-11-16(25)12-19(15(17)3)28-20-13-24(6-9-31-10-7-24)14-26-22(29)21(20)18(5-2)27-28/h11-12H,4-10,13-14H2,1-3H3,(H,26,29). The fourth-order valence-electron chi connectivity index (χ4n) is 4.68. The first-order valence-corrected chi connectivity index (χ1v) is 11.3. The molecule has 4 rings (SSSR count). The number of halogens is 1. The normalized spacial score (nSPS) is 17.6. The van der Waals surface area contributed by atoms with E-state index < -0.39 is 11.8 Å². The fourth-order valence-corrected chi connectivity index (χ4v) is 4.68. The number of amides is 1. The number of hydrogen-bond acceptors (Lipinski definition) is 5. The van der Waals surface area contributed by atoms with Gasteiger partial charge in [-0.1, -0.05) is 13.8 Å². The summed E-state index contributed by atoms with van der Waals surface area (Å²) < 4.78 is 27.2. The molecular formula is C24H30FN3O4. The Hall–Kier alpha value is -2.74. The molecule has 0 radical (unpaired) electrons. The van der Waals surface area contributed by atoms with E-state index in [1.165, 1.54) is 12.1 Å². The number of aromatic nitrogens is 2. The minimum atomic E-state index is -0.558. The molecule has 32 heavy (non-hydrogen) atoms. The predicted octanol–water partition coefficient (Wildman–Crippen LogP) is 3.53. The van der Waals surface area contributed by atoms with Gasteiger partial charge in [0.05, 0.1) is 34.8 Å². The van der Waals surface area contributed by atoms with E-state index >= 15 is 0 Å². The molecule has 1 aromatic carbocycles. The highest BCUT2D eigenvalue weighted by atomic mass is 19.1. The van der Waals surface area contributed by atoms with E-state index in [0.717, 1.165) is 18.5 Å². The number of ether oxygens (including phenoxy) is 2. The number of nitrogens with zero attached hydrogens (tertiary/aromatic N) is 2. The third-order valence-corrected chi connectivity index (χ3v) is 6.57. The Kier molecular flexibility index (Phi) is 6.33. The van der Waals surface area contributed by atoms with E-state index in [4.69, 9.17) is 14.6 Å². The van der Waals surface area contributed by atoms with Gasteiger partial charge in [0.2, 0.25) is 0 Å². The van der Waals surface area contributed by atoms with E-state index in [1.54, 1.807) is 11.6 Å². The molecule has 1 N–H and O–H groups in total. The van der Waals surface area contributed by atoms with E-state index in [-0.39, 0.29) is 23.5 Å². The van der Waals surface area contributed by atoms with Gasteiger partial charge in [0.15, 0.2) is 0 Å². The quantitative estimate of drug-likeness (QED) is 0.715. The van der Waals surface area contributed by atoms with Gasteiger partial charge in [-0.25, -0.2) is 13.9 Å². The van der Waals surface area contributed by atoms with E-state index in [1.807, 2.05) is 13.8 Å². The van der Waals surface area contributed by atoms with Crippen molar-refractivity contribution >= 4 is 11.9 Å². The highest BCUT2D eigenvalue weighted by Crippen LogP contribution is 2.38. The van der Waals surface area contributed by atoms with Crippen molar-refractivity contribution in [2.75, 3.05) is 26.4 Å². The molecule has 0 bridgehead atoms. The molecule has 2 aliphatic heterocycles. The predicted molar refractivity (Wildman–Crippen MR) is 117 cm³/mol. The molecule has 8 heteroatoms. The maximum Gasteiger partial charge on any atom is 0.338 e. The van der Waals surface area contributed by atoms with Crippen LogP contribution in [0, 0.1) is 18.2 Å². The van der Waals surface area contributed by atoms with Gasteiger partial charge < -0.3 is 14.8 Å². The molecule has 3 heterocycles. The lowest BCUT2D eigenvalue weighted by atomic mass is 9.76. The average molecular weight is 444 g/mol. The Balaban J connectivity index is 1.86. The summed E-state index contributed by atoms with van der Waals surface area (Å²) in [4.78, 5) is 25.6. The van der Waals surface area contributed by atoms with Gasteiger partial charge in [0.25, 0.3) is 5.91 Å². The summed E-state index contributed by atoms with van der Waals surface area (Å²) in [6.45, 7) is 7.74. The summed E-state index contributed by atoms with van der Waals surface area (Å²) in [5.41, 5.74) is 3.07. The van der Waals surface area contributed by atoms with Crippen molar-refractivity contribution < 1.29 is 23.5 Å². The Bertz CT molecular complexity index is 1040. The molecule has 1 aromatic heterocycles. The lowest BCUT2D eigenvalue weighted by molar-refractivity contribution is 0.0155. The minimum Gasteiger partial charge on any atom is -0.462 e. The molecule has 1 spiro atoms. The van der Waals surface area contributed by atoms with Crippen molar-refractivity contribution in [2.45, 2.75) is 52.9 Å². The first kappa shape index (κ1) is 22.5. The number of benzene rings is 1. The Labute approximate surface area is 187 Å². The van der Waals surface area contributed by atoms with Crippen LogP contribution in [0.4, 0.5) is 4.39 Å². The molecule has 1 saturated heterocycles. The summed E-state index contributed by atoms with van der Waals surface area (Å²) in [5.74, 6) is -1.25. The van der Waals surface area contributed by atoms with Gasteiger partial charge in [-0.2, -0.15) is 5.10 Å². The largest absolute Gasteiger partial charge is 0.462 e. The van der Waals surface area contributed by atoms with E-state index in [0.29, 0.717) is 61.5 Å². The topological polar surface area (TPSA) is 82.5 Å². The zero-order valence-electron chi connectivity index (χ0n) is 18.9. The van der Waals surface area contributed by atoms with Crippen LogP contribution < -0.4 is 5.32 Å². The number of rotatable bonds is 5. The van der Waals surface area contributed by atoms with Crippen LogP contribution in [0.15, 0.2) is 12.1 Å². The van der Waals surface area contributed by atoms with Crippen molar-refractivity contribution in [2.24, 2.45) is 5.41 Å². The van der Waals surface area contributed by atoms with Crippen LogP contribution in [0.1, 0.15) is 70.8 Å². The lowest BCUT2D eigenvalue weighted by Crippen LogP contribution is -2.40. The molecule has 172 valence electrons. The monoisotopic (exact) mass is 443 g/mol. The number of aryl methyl sites for hydroxylation is 1. The number of carbonyl (C=O) groups excluding carboxylic acids is 2. The van der Waals surface area contributed by atoms with Gasteiger partial charge in [-0.05, 0) is 62.1 Å². The van der Waals surface area contributed by atoms with Crippen LogP contribution in [0.5, 0.6) is 0 Å². The van der Waals surface area contributed by atoms with Crippen molar-refractivity contribution in [3.63, 3.8) is 0 Å². The van der Waals surface area contributed by atoms with Crippen molar-refractivity contribution in [3.05, 3.63) is 46.0 Å². The van der Waals surface area contributed by atoms with Gasteiger partial charge in [0, 0.05) is 19.8 Å². The summed E-state index contributed by atoms with van der Waals surface area (Å²) in [6, 6.07) is 2.57. The smallest absolute Gasteiger partial charge is 0.338 e. The number of fused-ring (bicyclic) bond motifs is 1. The number of nitrogens with one attached hydrogen (secondary N) is 1. The molecule has 0 unspecified atom stereocenters. The van der Waals surface area contributed by atoms with Crippen LogP contribution in [0.25, 0.3) is 5.69 Å². The van der Waals surface area contributed by atoms with Crippen molar-refractivity contribution in [1.82, 2.24) is 15.1 Å². The molecule has 1 amide bonds. The molecule has 0 atom stereocenters. The maximum atomic E-state index is 14.7. The second-order valence-electron chi connectivity index (χ2n) is 8.74. The van der Waals surface area contributed by atoms with E-state index in [9.17, 15) is 14.0 Å². The molecule has 7 nitrogen and oxygen atoms in total. The summed E-state index contributed by atoms with van der Waals surface area (Å²) >= 11 is 0. The fraction of sp³-hybridized carbons (Fsp3) is 0.542. The highest BCUT2D eigenvalue weighted by Gasteiger charge is 2.40. The van der Waals surface area contributed by atoms with Crippen LogP contribution >= 0.6 is 0 Å². The molecular weight excluding hydrogens is 413 g/mol.